The zero-order valence-corrected chi connectivity index (χ0v) is 11.7. The van der Waals surface area contributed by atoms with Gasteiger partial charge in [-0.25, -0.2) is 0 Å². The summed E-state index contributed by atoms with van der Waals surface area (Å²) in [5.74, 6) is 0. The van der Waals surface area contributed by atoms with E-state index in [0.717, 1.165) is 24.3 Å². The Morgan fingerprint density at radius 2 is 2.17 bits per heavy atom. The van der Waals surface area contributed by atoms with Gasteiger partial charge in [0, 0.05) is 22.5 Å². The molecule has 0 saturated heterocycles. The molecule has 0 heterocycles. The molecule has 18 heavy (non-hydrogen) atoms. The van der Waals surface area contributed by atoms with Gasteiger partial charge >= 0.3 is 0 Å². The summed E-state index contributed by atoms with van der Waals surface area (Å²) in [5, 5.41) is 14.3. The first-order valence-electron chi connectivity index (χ1n) is 6.71. The third-order valence-corrected chi connectivity index (χ3v) is 5.04. The molecule has 3 unspecified atom stereocenters. The monoisotopic (exact) mass is 265 g/mol. The zero-order valence-electron chi connectivity index (χ0n) is 10.9. The Balaban J connectivity index is 1.74. The second-order valence-electron chi connectivity index (χ2n) is 6.23. The van der Waals surface area contributed by atoms with Crippen molar-refractivity contribution in [2.45, 2.75) is 51.3 Å². The maximum absolute atomic E-state index is 9.79. The molecule has 0 amide bonds. The summed E-state index contributed by atoms with van der Waals surface area (Å²) in [4.78, 5) is 0. The van der Waals surface area contributed by atoms with E-state index in [0.29, 0.717) is 12.1 Å². The minimum absolute atomic E-state index is 0.00478. The summed E-state index contributed by atoms with van der Waals surface area (Å²) in [6.45, 7) is 4.27. The maximum atomic E-state index is 9.79. The van der Waals surface area contributed by atoms with E-state index in [1.54, 1.807) is 0 Å². The number of nitrogens with one attached hydrogen (secondary N) is 1. The van der Waals surface area contributed by atoms with Crippen molar-refractivity contribution in [3.8, 4) is 0 Å². The molecule has 0 spiro atoms. The normalized spacial score (nSPS) is 33.0. The second kappa shape index (κ2) is 4.22. The standard InChI is InChI=1S/C15H20ClNO/c1-15(2)13(8-14(15)18)17-12-6-3-9-7-10(16)4-5-11(9)12/h4-5,7,12-14,17-18H,3,6,8H2,1-2H3. The lowest BCUT2D eigenvalue weighted by molar-refractivity contribution is -0.0760. The molecule has 1 aromatic carbocycles. The van der Waals surface area contributed by atoms with Crippen molar-refractivity contribution in [1.82, 2.24) is 5.32 Å². The minimum atomic E-state index is -0.166. The van der Waals surface area contributed by atoms with Gasteiger partial charge in [0.25, 0.3) is 0 Å². The second-order valence-corrected chi connectivity index (χ2v) is 6.66. The van der Waals surface area contributed by atoms with Crippen LogP contribution in [0.5, 0.6) is 0 Å². The van der Waals surface area contributed by atoms with Gasteiger partial charge in [0.05, 0.1) is 6.10 Å². The molecular formula is C15H20ClNO. The van der Waals surface area contributed by atoms with E-state index < -0.39 is 0 Å². The number of fused-ring (bicyclic) bond motifs is 1. The number of aliphatic hydroxyl groups is 1. The van der Waals surface area contributed by atoms with Crippen molar-refractivity contribution in [2.24, 2.45) is 5.41 Å². The Morgan fingerprint density at radius 3 is 2.83 bits per heavy atom. The Bertz CT molecular complexity index is 472. The first-order valence-corrected chi connectivity index (χ1v) is 7.08. The lowest BCUT2D eigenvalue weighted by Crippen LogP contribution is -2.60. The highest BCUT2D eigenvalue weighted by Gasteiger charge is 2.48. The topological polar surface area (TPSA) is 32.3 Å². The van der Waals surface area contributed by atoms with E-state index in [9.17, 15) is 5.11 Å². The number of aryl methyl sites for hydroxylation is 1. The van der Waals surface area contributed by atoms with E-state index in [-0.39, 0.29) is 11.5 Å². The van der Waals surface area contributed by atoms with Gasteiger partial charge < -0.3 is 10.4 Å². The van der Waals surface area contributed by atoms with Gasteiger partial charge in [-0.2, -0.15) is 0 Å². The molecular weight excluding hydrogens is 246 g/mol. The van der Waals surface area contributed by atoms with Crippen LogP contribution in [0.3, 0.4) is 0 Å². The summed E-state index contributed by atoms with van der Waals surface area (Å²) in [7, 11) is 0. The minimum Gasteiger partial charge on any atom is -0.392 e. The fourth-order valence-electron chi connectivity index (χ4n) is 3.19. The molecule has 3 atom stereocenters. The smallest absolute Gasteiger partial charge is 0.0621 e. The van der Waals surface area contributed by atoms with Crippen LogP contribution in [0, 0.1) is 5.41 Å². The van der Waals surface area contributed by atoms with Gasteiger partial charge in [0.2, 0.25) is 0 Å². The molecule has 2 nitrogen and oxygen atoms in total. The molecule has 98 valence electrons. The van der Waals surface area contributed by atoms with Crippen molar-refractivity contribution >= 4 is 11.6 Å². The SMILES string of the molecule is CC1(C)C(O)CC1NC1CCc2cc(Cl)ccc21. The molecule has 1 saturated carbocycles. The van der Waals surface area contributed by atoms with Gasteiger partial charge in [0.15, 0.2) is 0 Å². The van der Waals surface area contributed by atoms with E-state index in [4.69, 9.17) is 11.6 Å². The Kier molecular flexibility index (Phi) is 2.92. The van der Waals surface area contributed by atoms with Gasteiger partial charge in [-0.1, -0.05) is 31.5 Å². The van der Waals surface area contributed by atoms with Crippen LogP contribution in [-0.4, -0.2) is 17.3 Å². The summed E-state index contributed by atoms with van der Waals surface area (Å²) in [6.07, 6.45) is 2.94. The predicted molar refractivity (Wildman–Crippen MR) is 73.8 cm³/mol. The van der Waals surface area contributed by atoms with Crippen LogP contribution in [0.2, 0.25) is 5.02 Å². The van der Waals surface area contributed by atoms with Crippen LogP contribution >= 0.6 is 11.6 Å². The van der Waals surface area contributed by atoms with Crippen LogP contribution in [0.1, 0.15) is 43.9 Å². The number of benzene rings is 1. The van der Waals surface area contributed by atoms with Crippen molar-refractivity contribution in [3.05, 3.63) is 34.3 Å². The molecule has 1 aromatic rings. The number of halogens is 1. The molecule has 2 N–H and O–H groups in total. The Labute approximate surface area is 113 Å². The first-order chi connectivity index (χ1) is 8.48. The molecule has 3 rings (SSSR count). The van der Waals surface area contributed by atoms with Crippen molar-refractivity contribution in [1.29, 1.82) is 0 Å². The molecule has 0 radical (unpaired) electrons. The number of aliphatic hydroxyl groups excluding tert-OH is 1. The Morgan fingerprint density at radius 1 is 1.39 bits per heavy atom. The third-order valence-electron chi connectivity index (χ3n) is 4.80. The highest BCUT2D eigenvalue weighted by atomic mass is 35.5. The third kappa shape index (κ3) is 1.87. The van der Waals surface area contributed by atoms with Gasteiger partial charge in [-0.05, 0) is 42.5 Å². The van der Waals surface area contributed by atoms with Crippen molar-refractivity contribution in [3.63, 3.8) is 0 Å². The molecule has 3 heteroatoms. The summed E-state index contributed by atoms with van der Waals surface area (Å²) >= 11 is 6.03. The van der Waals surface area contributed by atoms with Gasteiger partial charge in [-0.15, -0.1) is 0 Å². The van der Waals surface area contributed by atoms with E-state index in [2.05, 4.69) is 31.3 Å². The fourth-order valence-corrected chi connectivity index (χ4v) is 3.38. The Hall–Kier alpha value is -0.570. The van der Waals surface area contributed by atoms with E-state index in [1.165, 1.54) is 11.1 Å². The van der Waals surface area contributed by atoms with Gasteiger partial charge in [-0.3, -0.25) is 0 Å². The van der Waals surface area contributed by atoms with Crippen LogP contribution in [0.4, 0.5) is 0 Å². The average molecular weight is 266 g/mol. The molecule has 0 aliphatic heterocycles. The van der Waals surface area contributed by atoms with Crippen LogP contribution in [0.25, 0.3) is 0 Å². The largest absolute Gasteiger partial charge is 0.392 e. The molecule has 2 aliphatic rings. The molecule has 0 aromatic heterocycles. The molecule has 0 bridgehead atoms. The number of hydrogen-bond donors (Lipinski definition) is 2. The molecule has 2 aliphatic carbocycles. The van der Waals surface area contributed by atoms with E-state index in [1.807, 2.05) is 6.07 Å². The summed E-state index contributed by atoms with van der Waals surface area (Å²) in [5.41, 5.74) is 2.75. The maximum Gasteiger partial charge on any atom is 0.0621 e. The highest BCUT2D eigenvalue weighted by molar-refractivity contribution is 6.30. The van der Waals surface area contributed by atoms with Crippen molar-refractivity contribution < 1.29 is 5.11 Å². The summed E-state index contributed by atoms with van der Waals surface area (Å²) in [6, 6.07) is 7.04. The lowest BCUT2D eigenvalue weighted by Gasteiger charge is -2.50. The quantitative estimate of drug-likeness (QED) is 0.861. The average Bonchev–Trinajstić information content (AvgIpc) is 2.71. The fraction of sp³-hybridized carbons (Fsp3) is 0.600. The molecule has 1 fully saturated rings. The van der Waals surface area contributed by atoms with Crippen LogP contribution < -0.4 is 5.32 Å². The van der Waals surface area contributed by atoms with Crippen LogP contribution in [-0.2, 0) is 6.42 Å². The zero-order chi connectivity index (χ0) is 12.9. The van der Waals surface area contributed by atoms with Gasteiger partial charge in [0.1, 0.15) is 0 Å². The number of hydrogen-bond acceptors (Lipinski definition) is 2. The number of rotatable bonds is 2. The lowest BCUT2D eigenvalue weighted by atomic mass is 9.64. The van der Waals surface area contributed by atoms with E-state index >= 15 is 0 Å². The first kappa shape index (κ1) is 12.5. The highest BCUT2D eigenvalue weighted by Crippen LogP contribution is 2.43. The van der Waals surface area contributed by atoms with Crippen LogP contribution in [0.15, 0.2) is 18.2 Å². The predicted octanol–water partition coefficient (Wildman–Crippen LogP) is 3.08. The van der Waals surface area contributed by atoms with Crippen molar-refractivity contribution in [2.75, 3.05) is 0 Å². The summed E-state index contributed by atoms with van der Waals surface area (Å²) < 4.78 is 0.